The van der Waals surface area contributed by atoms with Crippen molar-refractivity contribution in [2.75, 3.05) is 19.1 Å². The van der Waals surface area contributed by atoms with E-state index in [9.17, 15) is 0 Å². The van der Waals surface area contributed by atoms with Crippen LogP contribution in [0.3, 0.4) is 0 Å². The first-order valence-corrected chi connectivity index (χ1v) is 6.89. The van der Waals surface area contributed by atoms with Crippen LogP contribution in [0.25, 0.3) is 0 Å². The first-order valence-electron chi connectivity index (χ1n) is 6.89. The minimum atomic E-state index is 0.112. The van der Waals surface area contributed by atoms with E-state index in [-0.39, 0.29) is 6.04 Å². The highest BCUT2D eigenvalue weighted by atomic mass is 16.5. The third-order valence-electron chi connectivity index (χ3n) is 3.59. The molecule has 0 aliphatic carbocycles. The van der Waals surface area contributed by atoms with E-state index in [4.69, 9.17) is 10.5 Å². The highest BCUT2D eigenvalue weighted by molar-refractivity contribution is 5.68. The number of hydrogen-bond donors (Lipinski definition) is 1. The molecule has 1 atom stereocenters. The molecule has 0 aliphatic heterocycles. The molecular weight excluding hydrogens is 248 g/mol. The lowest BCUT2D eigenvalue weighted by Gasteiger charge is -2.22. The molecule has 0 saturated carbocycles. The molecule has 3 nitrogen and oxygen atoms in total. The van der Waals surface area contributed by atoms with E-state index in [2.05, 4.69) is 36.1 Å². The van der Waals surface area contributed by atoms with Crippen molar-refractivity contribution in [2.45, 2.75) is 19.4 Å². The van der Waals surface area contributed by atoms with Crippen LogP contribution >= 0.6 is 0 Å². The van der Waals surface area contributed by atoms with Gasteiger partial charge in [-0.05, 0) is 36.2 Å². The summed E-state index contributed by atoms with van der Waals surface area (Å²) in [4.78, 5) is 2.11. The molecule has 106 valence electrons. The zero-order valence-electron chi connectivity index (χ0n) is 12.3. The number of nitrogens with zero attached hydrogens (tertiary/aromatic N) is 1. The van der Waals surface area contributed by atoms with Crippen LogP contribution in [-0.4, -0.2) is 14.2 Å². The van der Waals surface area contributed by atoms with Crippen LogP contribution in [0.2, 0.25) is 0 Å². The van der Waals surface area contributed by atoms with Gasteiger partial charge in [0.1, 0.15) is 5.75 Å². The molecule has 1 unspecified atom stereocenters. The van der Waals surface area contributed by atoms with E-state index in [1.54, 1.807) is 7.11 Å². The largest absolute Gasteiger partial charge is 0.495 e. The summed E-state index contributed by atoms with van der Waals surface area (Å²) in [6.07, 6.45) is 0.946. The van der Waals surface area contributed by atoms with Crippen molar-refractivity contribution in [2.24, 2.45) is 5.73 Å². The highest BCUT2D eigenvalue weighted by Crippen LogP contribution is 2.32. The van der Waals surface area contributed by atoms with Crippen molar-refractivity contribution in [1.29, 1.82) is 0 Å². The molecule has 2 rings (SSSR count). The minimum Gasteiger partial charge on any atom is -0.495 e. The summed E-state index contributed by atoms with van der Waals surface area (Å²) in [5.41, 5.74) is 9.37. The topological polar surface area (TPSA) is 38.5 Å². The van der Waals surface area contributed by atoms with Crippen molar-refractivity contribution in [3.8, 4) is 5.75 Å². The number of nitrogens with two attached hydrogens (primary N) is 1. The Labute approximate surface area is 121 Å². The molecule has 20 heavy (non-hydrogen) atoms. The van der Waals surface area contributed by atoms with Gasteiger partial charge in [0.2, 0.25) is 0 Å². The first-order chi connectivity index (χ1) is 9.67. The van der Waals surface area contributed by atoms with Crippen LogP contribution < -0.4 is 15.4 Å². The molecule has 2 aromatic rings. The van der Waals surface area contributed by atoms with Gasteiger partial charge in [0, 0.05) is 18.8 Å². The summed E-state index contributed by atoms with van der Waals surface area (Å²) in [6.45, 7) is 2.10. The van der Waals surface area contributed by atoms with Crippen molar-refractivity contribution >= 4 is 11.4 Å². The number of ether oxygens (including phenoxy) is 1. The number of benzene rings is 2. The maximum Gasteiger partial charge on any atom is 0.142 e. The second-order valence-corrected chi connectivity index (χ2v) is 4.84. The van der Waals surface area contributed by atoms with Crippen LogP contribution in [0.1, 0.15) is 24.9 Å². The summed E-state index contributed by atoms with van der Waals surface area (Å²) >= 11 is 0. The molecule has 0 heterocycles. The predicted octanol–water partition coefficient (Wildman–Crippen LogP) is 3.87. The van der Waals surface area contributed by atoms with Gasteiger partial charge in [-0.15, -0.1) is 0 Å². The van der Waals surface area contributed by atoms with E-state index < -0.39 is 0 Å². The Balaban J connectivity index is 2.27. The number of anilines is 2. The second kappa shape index (κ2) is 6.44. The fourth-order valence-electron chi connectivity index (χ4n) is 2.23. The van der Waals surface area contributed by atoms with Crippen LogP contribution in [0, 0.1) is 0 Å². The van der Waals surface area contributed by atoms with Crippen LogP contribution in [0.5, 0.6) is 5.75 Å². The Hall–Kier alpha value is -2.00. The van der Waals surface area contributed by atoms with Crippen molar-refractivity contribution in [3.63, 3.8) is 0 Å². The van der Waals surface area contributed by atoms with Crippen molar-refractivity contribution < 1.29 is 4.74 Å². The van der Waals surface area contributed by atoms with Gasteiger partial charge >= 0.3 is 0 Å². The number of methoxy groups -OCH3 is 1. The zero-order chi connectivity index (χ0) is 14.5. The molecule has 0 radical (unpaired) electrons. The quantitative estimate of drug-likeness (QED) is 0.896. The summed E-state index contributed by atoms with van der Waals surface area (Å²) in [5.74, 6) is 0.865. The Morgan fingerprint density at radius 2 is 1.75 bits per heavy atom. The molecule has 0 saturated heterocycles. The van der Waals surface area contributed by atoms with Gasteiger partial charge in [-0.1, -0.05) is 31.2 Å². The SMILES string of the molecule is CCC(N)c1ccc(N(C)c2ccccc2OC)cc1. The fourth-order valence-corrected chi connectivity index (χ4v) is 2.23. The summed E-state index contributed by atoms with van der Waals surface area (Å²) in [6, 6.07) is 16.5. The van der Waals surface area contributed by atoms with Gasteiger partial charge < -0.3 is 15.4 Å². The molecule has 0 fully saturated rings. The average Bonchev–Trinajstić information content (AvgIpc) is 2.53. The maximum absolute atomic E-state index is 6.04. The van der Waals surface area contributed by atoms with Gasteiger partial charge in [-0.3, -0.25) is 0 Å². The Bertz CT molecular complexity index is 551. The van der Waals surface area contributed by atoms with Gasteiger partial charge in [-0.2, -0.15) is 0 Å². The standard InChI is InChI=1S/C17H22N2O/c1-4-15(18)13-9-11-14(12-10-13)19(2)16-7-5-6-8-17(16)20-3/h5-12,15H,4,18H2,1-3H3. The molecule has 2 N–H and O–H groups in total. The summed E-state index contributed by atoms with van der Waals surface area (Å²) in [5, 5.41) is 0. The van der Waals surface area contributed by atoms with E-state index in [1.165, 1.54) is 5.56 Å². The predicted molar refractivity (Wildman–Crippen MR) is 84.7 cm³/mol. The first kappa shape index (κ1) is 14.4. The van der Waals surface area contributed by atoms with Gasteiger partial charge in [0.15, 0.2) is 0 Å². The monoisotopic (exact) mass is 270 g/mol. The summed E-state index contributed by atoms with van der Waals surface area (Å²) < 4.78 is 5.41. The normalized spacial score (nSPS) is 12.0. The number of hydrogen-bond acceptors (Lipinski definition) is 3. The number of para-hydroxylation sites is 2. The van der Waals surface area contributed by atoms with Gasteiger partial charge in [0.25, 0.3) is 0 Å². The average molecular weight is 270 g/mol. The minimum absolute atomic E-state index is 0.112. The van der Waals surface area contributed by atoms with E-state index in [1.807, 2.05) is 31.3 Å². The van der Waals surface area contributed by atoms with Crippen LogP contribution in [-0.2, 0) is 0 Å². The second-order valence-electron chi connectivity index (χ2n) is 4.84. The third kappa shape index (κ3) is 2.94. The fraction of sp³-hybridized carbons (Fsp3) is 0.294. The Kier molecular flexibility index (Phi) is 4.64. The van der Waals surface area contributed by atoms with Crippen LogP contribution in [0.15, 0.2) is 48.5 Å². The lowest BCUT2D eigenvalue weighted by molar-refractivity contribution is 0.415. The number of rotatable bonds is 5. The van der Waals surface area contributed by atoms with E-state index >= 15 is 0 Å². The van der Waals surface area contributed by atoms with Crippen molar-refractivity contribution in [1.82, 2.24) is 0 Å². The molecule has 2 aromatic carbocycles. The lowest BCUT2D eigenvalue weighted by atomic mass is 10.1. The maximum atomic E-state index is 6.04. The molecule has 0 aliphatic rings. The molecular formula is C17H22N2O. The molecule has 0 bridgehead atoms. The Morgan fingerprint density at radius 3 is 2.35 bits per heavy atom. The van der Waals surface area contributed by atoms with E-state index in [0.29, 0.717) is 0 Å². The third-order valence-corrected chi connectivity index (χ3v) is 3.59. The highest BCUT2D eigenvalue weighted by Gasteiger charge is 2.10. The molecule has 0 aromatic heterocycles. The molecule has 0 spiro atoms. The molecule has 3 heteroatoms. The Morgan fingerprint density at radius 1 is 1.10 bits per heavy atom. The molecule has 0 amide bonds. The van der Waals surface area contributed by atoms with Crippen molar-refractivity contribution in [3.05, 3.63) is 54.1 Å². The van der Waals surface area contributed by atoms with Gasteiger partial charge in [0.05, 0.1) is 12.8 Å². The van der Waals surface area contributed by atoms with Gasteiger partial charge in [-0.25, -0.2) is 0 Å². The summed E-state index contributed by atoms with van der Waals surface area (Å²) in [7, 11) is 3.72. The van der Waals surface area contributed by atoms with E-state index in [0.717, 1.165) is 23.5 Å². The smallest absolute Gasteiger partial charge is 0.142 e. The zero-order valence-corrected chi connectivity index (χ0v) is 12.3. The van der Waals surface area contributed by atoms with Crippen LogP contribution in [0.4, 0.5) is 11.4 Å². The lowest BCUT2D eigenvalue weighted by Crippen LogP contribution is -2.12.